The molecule has 0 spiro atoms. The molecule has 0 amide bonds. The summed E-state index contributed by atoms with van der Waals surface area (Å²) in [6.07, 6.45) is 4.38. The highest BCUT2D eigenvalue weighted by Crippen LogP contribution is 2.25. The summed E-state index contributed by atoms with van der Waals surface area (Å²) < 4.78 is 5.44. The summed E-state index contributed by atoms with van der Waals surface area (Å²) >= 11 is 0. The van der Waals surface area contributed by atoms with Crippen molar-refractivity contribution >= 4 is 5.69 Å². The summed E-state index contributed by atoms with van der Waals surface area (Å²) in [5.74, 6) is 0.995. The molecule has 1 aliphatic carbocycles. The lowest BCUT2D eigenvalue weighted by Crippen LogP contribution is -2.21. The van der Waals surface area contributed by atoms with Crippen molar-refractivity contribution < 1.29 is 4.42 Å². The van der Waals surface area contributed by atoms with E-state index >= 15 is 0 Å². The summed E-state index contributed by atoms with van der Waals surface area (Å²) in [6.45, 7) is 3.90. The fourth-order valence-electron chi connectivity index (χ4n) is 2.49. The van der Waals surface area contributed by atoms with Gasteiger partial charge in [0, 0.05) is 25.3 Å². The van der Waals surface area contributed by atoms with Crippen molar-refractivity contribution in [1.29, 1.82) is 0 Å². The minimum absolute atomic E-state index is 0.735. The Balaban J connectivity index is 1.75. The Kier molecular flexibility index (Phi) is 3.79. The Morgan fingerprint density at radius 1 is 1.30 bits per heavy atom. The van der Waals surface area contributed by atoms with Gasteiger partial charge < -0.3 is 14.6 Å². The normalized spacial score (nSPS) is 14.5. The number of benzene rings is 1. The van der Waals surface area contributed by atoms with Crippen LogP contribution in [0.1, 0.15) is 29.7 Å². The van der Waals surface area contributed by atoms with Crippen molar-refractivity contribution in [2.45, 2.75) is 38.9 Å². The first-order valence-electron chi connectivity index (χ1n) is 7.29. The molecule has 0 atom stereocenters. The number of nitrogens with one attached hydrogen (secondary N) is 1. The van der Waals surface area contributed by atoms with E-state index < -0.39 is 0 Å². The molecule has 1 saturated carbocycles. The minimum atomic E-state index is 0.735. The summed E-state index contributed by atoms with van der Waals surface area (Å²) in [7, 11) is 2.12. The van der Waals surface area contributed by atoms with E-state index in [1.54, 1.807) is 6.26 Å². The molecule has 2 aromatic rings. The van der Waals surface area contributed by atoms with E-state index in [0.717, 1.165) is 24.9 Å². The highest BCUT2D eigenvalue weighted by Gasteiger charge is 2.21. The first-order valence-corrected chi connectivity index (χ1v) is 7.29. The summed E-state index contributed by atoms with van der Waals surface area (Å²) in [6, 6.07) is 11.4. The Hall–Kier alpha value is -1.74. The maximum absolute atomic E-state index is 5.44. The molecule has 1 N–H and O–H groups in total. The average molecular weight is 270 g/mol. The molecule has 20 heavy (non-hydrogen) atoms. The first kappa shape index (κ1) is 13.3. The zero-order valence-electron chi connectivity index (χ0n) is 12.2. The van der Waals surface area contributed by atoms with Gasteiger partial charge in [0.1, 0.15) is 5.76 Å². The lowest BCUT2D eigenvalue weighted by Gasteiger charge is -2.22. The van der Waals surface area contributed by atoms with Crippen LogP contribution in [0.2, 0.25) is 0 Å². The smallest absolute Gasteiger partial charge is 0.123 e. The lowest BCUT2D eigenvalue weighted by molar-refractivity contribution is 0.507. The third kappa shape index (κ3) is 3.23. The van der Waals surface area contributed by atoms with Crippen molar-refractivity contribution in [3.8, 4) is 0 Å². The highest BCUT2D eigenvalue weighted by molar-refractivity contribution is 5.54. The molecule has 1 fully saturated rings. The third-order valence-corrected chi connectivity index (χ3v) is 3.78. The fraction of sp³-hybridized carbons (Fsp3) is 0.412. The van der Waals surface area contributed by atoms with Gasteiger partial charge in [-0.1, -0.05) is 17.7 Å². The quantitative estimate of drug-likeness (QED) is 0.871. The molecule has 0 radical (unpaired) electrons. The second-order valence-corrected chi connectivity index (χ2v) is 5.72. The molecule has 3 rings (SSSR count). The monoisotopic (exact) mass is 270 g/mol. The standard InChI is InChI=1S/C17H22N2O/c1-13-5-8-17(14(10-13)11-18-15-6-7-15)19(2)12-16-4-3-9-20-16/h3-5,8-10,15,18H,6-7,11-12H2,1-2H3. The van der Waals surface area contributed by atoms with Crippen LogP contribution in [0.5, 0.6) is 0 Å². The molecule has 0 bridgehead atoms. The molecule has 1 aromatic carbocycles. The Morgan fingerprint density at radius 2 is 2.15 bits per heavy atom. The summed E-state index contributed by atoms with van der Waals surface area (Å²) in [5.41, 5.74) is 3.96. The predicted octanol–water partition coefficient (Wildman–Crippen LogP) is 3.48. The lowest BCUT2D eigenvalue weighted by atomic mass is 10.1. The number of rotatable bonds is 6. The number of nitrogens with zero attached hydrogens (tertiary/aromatic N) is 1. The van der Waals surface area contributed by atoms with E-state index in [9.17, 15) is 0 Å². The molecule has 0 unspecified atom stereocenters. The first-order chi connectivity index (χ1) is 9.72. The maximum atomic E-state index is 5.44. The molecule has 3 nitrogen and oxygen atoms in total. The van der Waals surface area contributed by atoms with Crippen molar-refractivity contribution in [2.24, 2.45) is 0 Å². The van der Waals surface area contributed by atoms with Gasteiger partial charge >= 0.3 is 0 Å². The van der Waals surface area contributed by atoms with Gasteiger partial charge in [-0.25, -0.2) is 0 Å². The molecular formula is C17H22N2O. The molecule has 0 saturated heterocycles. The Labute approximate surface area is 120 Å². The minimum Gasteiger partial charge on any atom is -0.467 e. The van der Waals surface area contributed by atoms with Crippen LogP contribution in [0.15, 0.2) is 41.0 Å². The van der Waals surface area contributed by atoms with Gasteiger partial charge in [-0.2, -0.15) is 0 Å². The zero-order valence-corrected chi connectivity index (χ0v) is 12.2. The van der Waals surface area contributed by atoms with Crippen LogP contribution in [0.3, 0.4) is 0 Å². The Morgan fingerprint density at radius 3 is 2.85 bits per heavy atom. The van der Waals surface area contributed by atoms with Crippen LogP contribution in [0.4, 0.5) is 5.69 Å². The van der Waals surface area contributed by atoms with Gasteiger partial charge in [-0.05, 0) is 43.5 Å². The van der Waals surface area contributed by atoms with Gasteiger partial charge in [0.15, 0.2) is 0 Å². The Bertz CT molecular complexity index is 558. The summed E-state index contributed by atoms with van der Waals surface area (Å²) in [4.78, 5) is 2.25. The van der Waals surface area contributed by atoms with Crippen LogP contribution in [-0.2, 0) is 13.1 Å². The SMILES string of the molecule is Cc1ccc(N(C)Cc2ccco2)c(CNC2CC2)c1. The third-order valence-electron chi connectivity index (χ3n) is 3.78. The van der Waals surface area contributed by atoms with Crippen LogP contribution in [0, 0.1) is 6.92 Å². The van der Waals surface area contributed by atoms with Gasteiger partial charge in [0.2, 0.25) is 0 Å². The molecule has 106 valence electrons. The highest BCUT2D eigenvalue weighted by atomic mass is 16.3. The zero-order chi connectivity index (χ0) is 13.9. The molecule has 3 heteroatoms. The second-order valence-electron chi connectivity index (χ2n) is 5.72. The van der Waals surface area contributed by atoms with E-state index in [2.05, 4.69) is 42.4 Å². The van der Waals surface area contributed by atoms with Gasteiger partial charge in [0.25, 0.3) is 0 Å². The predicted molar refractivity (Wildman–Crippen MR) is 81.9 cm³/mol. The largest absolute Gasteiger partial charge is 0.467 e. The van der Waals surface area contributed by atoms with Crippen LogP contribution >= 0.6 is 0 Å². The topological polar surface area (TPSA) is 28.4 Å². The maximum Gasteiger partial charge on any atom is 0.123 e. The van der Waals surface area contributed by atoms with E-state index in [0.29, 0.717) is 0 Å². The molecule has 1 aliphatic rings. The van der Waals surface area contributed by atoms with E-state index in [-0.39, 0.29) is 0 Å². The number of aryl methyl sites for hydroxylation is 1. The fourth-order valence-corrected chi connectivity index (χ4v) is 2.49. The average Bonchev–Trinajstić information content (AvgIpc) is 3.13. The number of furan rings is 1. The van der Waals surface area contributed by atoms with E-state index in [1.807, 2.05) is 12.1 Å². The summed E-state index contributed by atoms with van der Waals surface area (Å²) in [5, 5.41) is 3.60. The number of hydrogen-bond donors (Lipinski definition) is 1. The van der Waals surface area contributed by atoms with Crippen LogP contribution in [-0.4, -0.2) is 13.1 Å². The molecule has 0 aliphatic heterocycles. The molecule has 1 heterocycles. The molecular weight excluding hydrogens is 248 g/mol. The second kappa shape index (κ2) is 5.71. The van der Waals surface area contributed by atoms with Crippen LogP contribution in [0.25, 0.3) is 0 Å². The van der Waals surface area contributed by atoms with E-state index in [4.69, 9.17) is 4.42 Å². The van der Waals surface area contributed by atoms with Gasteiger partial charge in [-0.3, -0.25) is 0 Å². The number of hydrogen-bond acceptors (Lipinski definition) is 3. The van der Waals surface area contributed by atoms with E-state index in [1.165, 1.54) is 29.7 Å². The van der Waals surface area contributed by atoms with Gasteiger partial charge in [-0.15, -0.1) is 0 Å². The van der Waals surface area contributed by atoms with Crippen LogP contribution < -0.4 is 10.2 Å². The molecule has 1 aromatic heterocycles. The van der Waals surface area contributed by atoms with Crippen molar-refractivity contribution in [1.82, 2.24) is 5.32 Å². The number of anilines is 1. The van der Waals surface area contributed by atoms with Crippen molar-refractivity contribution in [3.05, 3.63) is 53.5 Å². The van der Waals surface area contributed by atoms with Crippen molar-refractivity contribution in [3.63, 3.8) is 0 Å². The van der Waals surface area contributed by atoms with Crippen molar-refractivity contribution in [2.75, 3.05) is 11.9 Å². The van der Waals surface area contributed by atoms with Gasteiger partial charge in [0.05, 0.1) is 12.8 Å².